The fourth-order valence-electron chi connectivity index (χ4n) is 1.16. The molecule has 0 amide bonds. The molecule has 0 aromatic carbocycles. The van der Waals surface area contributed by atoms with E-state index in [1.807, 2.05) is 26.0 Å². The highest BCUT2D eigenvalue weighted by molar-refractivity contribution is 5.26. The fraction of sp³-hybridized carbons (Fsp3) is 0.600. The van der Waals surface area contributed by atoms with Crippen LogP contribution in [-0.4, -0.2) is 10.7 Å². The third-order valence-corrected chi connectivity index (χ3v) is 2.39. The summed E-state index contributed by atoms with van der Waals surface area (Å²) in [4.78, 5) is 0. The van der Waals surface area contributed by atoms with Crippen LogP contribution in [0.5, 0.6) is 0 Å². The Labute approximate surface area is 68.4 Å². The van der Waals surface area contributed by atoms with Gasteiger partial charge in [-0.1, -0.05) is 37.6 Å². The van der Waals surface area contributed by atoms with E-state index < -0.39 is 5.60 Å². The Morgan fingerprint density at radius 2 is 2.18 bits per heavy atom. The maximum atomic E-state index is 9.93. The zero-order valence-corrected chi connectivity index (χ0v) is 7.46. The van der Waals surface area contributed by atoms with E-state index in [4.69, 9.17) is 0 Å². The molecule has 0 saturated carbocycles. The number of hydrogen-bond donors (Lipinski definition) is 1. The predicted octanol–water partition coefficient (Wildman–Crippen LogP) is 2.28. The summed E-state index contributed by atoms with van der Waals surface area (Å²) in [5.74, 6) is 0.295. The van der Waals surface area contributed by atoms with E-state index in [1.54, 1.807) is 0 Å². The molecule has 0 saturated heterocycles. The van der Waals surface area contributed by atoms with Gasteiger partial charge >= 0.3 is 0 Å². The Balaban J connectivity index is 2.74. The average Bonchev–Trinajstić information content (AvgIpc) is 1.95. The van der Waals surface area contributed by atoms with Gasteiger partial charge in [-0.2, -0.15) is 0 Å². The van der Waals surface area contributed by atoms with Gasteiger partial charge in [0, 0.05) is 0 Å². The predicted molar refractivity (Wildman–Crippen MR) is 47.3 cm³/mol. The molecule has 0 spiro atoms. The van der Waals surface area contributed by atoms with Crippen molar-refractivity contribution in [3.63, 3.8) is 0 Å². The van der Waals surface area contributed by atoms with Crippen LogP contribution in [0.25, 0.3) is 0 Å². The van der Waals surface area contributed by atoms with E-state index in [2.05, 4.69) is 13.0 Å². The van der Waals surface area contributed by atoms with Crippen molar-refractivity contribution in [3.05, 3.63) is 23.8 Å². The van der Waals surface area contributed by atoms with Crippen molar-refractivity contribution in [2.24, 2.45) is 5.92 Å². The summed E-state index contributed by atoms with van der Waals surface area (Å²) in [6.07, 6.45) is 6.74. The molecule has 0 radical (unpaired) electrons. The van der Waals surface area contributed by atoms with Crippen LogP contribution < -0.4 is 0 Å². The lowest BCUT2D eigenvalue weighted by molar-refractivity contribution is 0.0448. The monoisotopic (exact) mass is 152 g/mol. The van der Waals surface area contributed by atoms with Crippen LogP contribution in [0.4, 0.5) is 0 Å². The zero-order valence-electron chi connectivity index (χ0n) is 7.46. The van der Waals surface area contributed by atoms with Crippen LogP contribution in [0.1, 0.15) is 27.2 Å². The summed E-state index contributed by atoms with van der Waals surface area (Å²) < 4.78 is 0. The Kier molecular flexibility index (Phi) is 2.19. The summed E-state index contributed by atoms with van der Waals surface area (Å²) in [7, 11) is 0. The first-order valence-electron chi connectivity index (χ1n) is 4.13. The topological polar surface area (TPSA) is 20.2 Å². The third-order valence-electron chi connectivity index (χ3n) is 2.39. The minimum Gasteiger partial charge on any atom is -0.385 e. The lowest BCUT2D eigenvalue weighted by Gasteiger charge is -2.30. The molecule has 1 heteroatoms. The zero-order chi connectivity index (χ0) is 8.48. The molecule has 0 unspecified atom stereocenters. The Hall–Kier alpha value is -0.560. The molecule has 1 rings (SSSR count). The van der Waals surface area contributed by atoms with Crippen molar-refractivity contribution in [1.29, 1.82) is 0 Å². The second-order valence-electron chi connectivity index (χ2n) is 3.63. The van der Waals surface area contributed by atoms with Gasteiger partial charge in [0.1, 0.15) is 0 Å². The molecule has 11 heavy (non-hydrogen) atoms. The fourth-order valence-corrected chi connectivity index (χ4v) is 1.16. The van der Waals surface area contributed by atoms with Gasteiger partial charge in [0.05, 0.1) is 5.60 Å². The van der Waals surface area contributed by atoms with Gasteiger partial charge in [0.25, 0.3) is 0 Å². The highest BCUT2D eigenvalue weighted by atomic mass is 16.3. The van der Waals surface area contributed by atoms with Gasteiger partial charge in [-0.05, 0) is 19.3 Å². The average molecular weight is 152 g/mol. The first-order valence-corrected chi connectivity index (χ1v) is 4.13. The van der Waals surface area contributed by atoms with Crippen LogP contribution in [0, 0.1) is 5.92 Å². The van der Waals surface area contributed by atoms with E-state index in [1.165, 1.54) is 5.57 Å². The van der Waals surface area contributed by atoms with E-state index in [9.17, 15) is 5.11 Å². The minimum atomic E-state index is -0.598. The molecule has 0 heterocycles. The normalized spacial score (nSPS) is 30.8. The molecule has 62 valence electrons. The highest BCUT2D eigenvalue weighted by Crippen LogP contribution is 2.27. The minimum absolute atomic E-state index is 0.295. The lowest BCUT2D eigenvalue weighted by Crippen LogP contribution is -2.33. The SMILES string of the molecule is CC1=CC[C@@](O)(C(C)C)C=C1. The Morgan fingerprint density at radius 1 is 1.55 bits per heavy atom. The third kappa shape index (κ3) is 1.72. The summed E-state index contributed by atoms with van der Waals surface area (Å²) in [6.45, 7) is 6.13. The first kappa shape index (κ1) is 8.54. The van der Waals surface area contributed by atoms with Crippen molar-refractivity contribution in [1.82, 2.24) is 0 Å². The van der Waals surface area contributed by atoms with E-state index in [-0.39, 0.29) is 0 Å². The molecule has 0 aromatic heterocycles. The number of rotatable bonds is 1. The molecule has 1 N–H and O–H groups in total. The van der Waals surface area contributed by atoms with Crippen molar-refractivity contribution in [2.75, 3.05) is 0 Å². The standard InChI is InChI=1S/C10H16O/c1-8(2)10(11)6-4-9(3)5-7-10/h4-6,8,11H,7H2,1-3H3/t10-/m1/s1. The second kappa shape index (κ2) is 2.82. The summed E-state index contributed by atoms with van der Waals surface area (Å²) in [5, 5.41) is 9.93. The van der Waals surface area contributed by atoms with Gasteiger partial charge in [0.2, 0.25) is 0 Å². The molecule has 1 nitrogen and oxygen atoms in total. The Bertz CT molecular complexity index is 201. The van der Waals surface area contributed by atoms with Crippen molar-refractivity contribution in [2.45, 2.75) is 32.8 Å². The van der Waals surface area contributed by atoms with Crippen LogP contribution in [0.2, 0.25) is 0 Å². The molecule has 0 aliphatic heterocycles. The van der Waals surface area contributed by atoms with E-state index in [0.717, 1.165) is 6.42 Å². The summed E-state index contributed by atoms with van der Waals surface area (Å²) in [5.41, 5.74) is 0.648. The molecule has 1 atom stereocenters. The summed E-state index contributed by atoms with van der Waals surface area (Å²) >= 11 is 0. The molecular weight excluding hydrogens is 136 g/mol. The van der Waals surface area contributed by atoms with E-state index >= 15 is 0 Å². The van der Waals surface area contributed by atoms with Gasteiger partial charge < -0.3 is 5.11 Å². The lowest BCUT2D eigenvalue weighted by atomic mass is 9.83. The number of allylic oxidation sites excluding steroid dienone is 2. The van der Waals surface area contributed by atoms with Crippen LogP contribution in [-0.2, 0) is 0 Å². The number of aliphatic hydroxyl groups is 1. The molecule has 0 aromatic rings. The van der Waals surface area contributed by atoms with Crippen molar-refractivity contribution in [3.8, 4) is 0 Å². The van der Waals surface area contributed by atoms with Gasteiger partial charge in [0.15, 0.2) is 0 Å². The highest BCUT2D eigenvalue weighted by Gasteiger charge is 2.27. The first-order chi connectivity index (χ1) is 5.04. The molecule has 0 fully saturated rings. The molecular formula is C10H16O. The van der Waals surface area contributed by atoms with Crippen molar-refractivity contribution < 1.29 is 5.11 Å². The van der Waals surface area contributed by atoms with Gasteiger partial charge in [-0.15, -0.1) is 0 Å². The molecule has 1 aliphatic rings. The van der Waals surface area contributed by atoms with Crippen LogP contribution in [0.3, 0.4) is 0 Å². The van der Waals surface area contributed by atoms with Crippen molar-refractivity contribution >= 4 is 0 Å². The molecule has 0 bridgehead atoms. The maximum absolute atomic E-state index is 9.93. The summed E-state index contributed by atoms with van der Waals surface area (Å²) in [6, 6.07) is 0. The Morgan fingerprint density at radius 3 is 2.55 bits per heavy atom. The van der Waals surface area contributed by atoms with Crippen LogP contribution >= 0.6 is 0 Å². The van der Waals surface area contributed by atoms with Gasteiger partial charge in [-0.25, -0.2) is 0 Å². The number of hydrogen-bond acceptors (Lipinski definition) is 1. The van der Waals surface area contributed by atoms with Crippen LogP contribution in [0.15, 0.2) is 23.8 Å². The molecule has 1 aliphatic carbocycles. The second-order valence-corrected chi connectivity index (χ2v) is 3.63. The van der Waals surface area contributed by atoms with Gasteiger partial charge in [-0.3, -0.25) is 0 Å². The largest absolute Gasteiger partial charge is 0.385 e. The smallest absolute Gasteiger partial charge is 0.0888 e. The quantitative estimate of drug-likeness (QED) is 0.611. The van der Waals surface area contributed by atoms with E-state index in [0.29, 0.717) is 5.92 Å². The maximum Gasteiger partial charge on any atom is 0.0888 e.